The molecule has 0 aromatic heterocycles. The molecule has 2 unspecified atom stereocenters. The minimum atomic E-state index is -4.76. The van der Waals surface area contributed by atoms with E-state index in [9.17, 15) is 18.3 Å². The van der Waals surface area contributed by atoms with Crippen molar-refractivity contribution >= 4 is 0 Å². The van der Waals surface area contributed by atoms with Crippen LogP contribution in [0.15, 0.2) is 24.3 Å². The maximum Gasteiger partial charge on any atom is 0.573 e. The van der Waals surface area contributed by atoms with Crippen LogP contribution in [0.1, 0.15) is 37.4 Å². The van der Waals surface area contributed by atoms with E-state index >= 15 is 0 Å². The highest BCUT2D eigenvalue weighted by atomic mass is 19.4. The fourth-order valence-corrected chi connectivity index (χ4v) is 2.34. The minimum Gasteiger partial charge on any atom is -0.405 e. The molecule has 2 atom stereocenters. The lowest BCUT2D eigenvalue weighted by molar-refractivity contribution is -0.275. The van der Waals surface area contributed by atoms with Gasteiger partial charge in [0, 0.05) is 12.2 Å². The Morgan fingerprint density at radius 2 is 2.10 bits per heavy atom. The van der Waals surface area contributed by atoms with E-state index in [1.165, 1.54) is 18.2 Å². The Hall–Kier alpha value is -1.27. The van der Waals surface area contributed by atoms with Crippen LogP contribution >= 0.6 is 0 Å². The van der Waals surface area contributed by atoms with Crippen LogP contribution in [0.25, 0.3) is 0 Å². The van der Waals surface area contributed by atoms with Gasteiger partial charge in [0.2, 0.25) is 0 Å². The number of rotatable bonds is 5. The zero-order valence-electron chi connectivity index (χ0n) is 10.9. The van der Waals surface area contributed by atoms with E-state index in [-0.39, 0.29) is 17.4 Å². The first-order chi connectivity index (χ1) is 9.46. The van der Waals surface area contributed by atoms with E-state index in [1.54, 1.807) is 6.07 Å². The highest BCUT2D eigenvalue weighted by Gasteiger charge is 2.32. The molecule has 1 aliphatic rings. The van der Waals surface area contributed by atoms with Gasteiger partial charge >= 0.3 is 6.36 Å². The molecule has 1 aromatic rings. The Morgan fingerprint density at radius 3 is 2.75 bits per heavy atom. The lowest BCUT2D eigenvalue weighted by atomic mass is 10.0. The molecule has 0 saturated carbocycles. The SMILES string of the molecule is OC(CCC1CCCO1)c1ccccc1OC(F)(F)F. The van der Waals surface area contributed by atoms with Crippen molar-refractivity contribution in [2.45, 2.75) is 44.3 Å². The fourth-order valence-electron chi connectivity index (χ4n) is 2.34. The zero-order chi connectivity index (χ0) is 14.6. The fraction of sp³-hybridized carbons (Fsp3) is 0.571. The van der Waals surface area contributed by atoms with Gasteiger partial charge in [0.15, 0.2) is 0 Å². The molecule has 2 rings (SSSR count). The molecule has 112 valence electrons. The van der Waals surface area contributed by atoms with Gasteiger partial charge in [0.05, 0.1) is 12.2 Å². The topological polar surface area (TPSA) is 38.7 Å². The molecular formula is C14H17F3O3. The average molecular weight is 290 g/mol. The first-order valence-electron chi connectivity index (χ1n) is 6.60. The van der Waals surface area contributed by atoms with E-state index in [0.717, 1.165) is 12.8 Å². The average Bonchev–Trinajstić information content (AvgIpc) is 2.88. The number of para-hydroxylation sites is 1. The summed E-state index contributed by atoms with van der Waals surface area (Å²) in [5.74, 6) is -0.347. The Labute approximate surface area is 115 Å². The summed E-state index contributed by atoms with van der Waals surface area (Å²) in [6.45, 7) is 0.717. The van der Waals surface area contributed by atoms with E-state index in [2.05, 4.69) is 4.74 Å². The molecular weight excluding hydrogens is 273 g/mol. The number of aliphatic hydroxyl groups is 1. The lowest BCUT2D eigenvalue weighted by Crippen LogP contribution is -2.19. The van der Waals surface area contributed by atoms with Gasteiger partial charge in [-0.2, -0.15) is 0 Å². The van der Waals surface area contributed by atoms with Gasteiger partial charge in [-0.25, -0.2) is 0 Å². The van der Waals surface area contributed by atoms with Crippen molar-refractivity contribution in [1.82, 2.24) is 0 Å². The quantitative estimate of drug-likeness (QED) is 0.901. The van der Waals surface area contributed by atoms with Crippen LogP contribution in [0.2, 0.25) is 0 Å². The molecule has 6 heteroatoms. The van der Waals surface area contributed by atoms with Crippen LogP contribution < -0.4 is 4.74 Å². The number of hydrogen-bond donors (Lipinski definition) is 1. The largest absolute Gasteiger partial charge is 0.573 e. The molecule has 1 saturated heterocycles. The first kappa shape index (κ1) is 15.1. The molecule has 1 heterocycles. The number of hydrogen-bond acceptors (Lipinski definition) is 3. The second-order valence-corrected chi connectivity index (χ2v) is 4.81. The highest BCUT2D eigenvalue weighted by Crippen LogP contribution is 2.33. The maximum absolute atomic E-state index is 12.3. The van der Waals surface area contributed by atoms with Gasteiger partial charge < -0.3 is 14.6 Å². The van der Waals surface area contributed by atoms with Crippen molar-refractivity contribution in [3.8, 4) is 5.75 Å². The summed E-state index contributed by atoms with van der Waals surface area (Å²) in [7, 11) is 0. The van der Waals surface area contributed by atoms with Crippen LogP contribution in [-0.2, 0) is 4.74 Å². The number of aliphatic hydroxyl groups excluding tert-OH is 1. The second kappa shape index (κ2) is 6.45. The number of benzene rings is 1. The van der Waals surface area contributed by atoms with Crippen LogP contribution in [0.5, 0.6) is 5.75 Å². The maximum atomic E-state index is 12.3. The summed E-state index contributed by atoms with van der Waals surface area (Å²) in [5.41, 5.74) is 0.155. The molecule has 1 N–H and O–H groups in total. The van der Waals surface area contributed by atoms with Crippen LogP contribution in [0.3, 0.4) is 0 Å². The van der Waals surface area contributed by atoms with Crippen molar-refractivity contribution in [2.75, 3.05) is 6.61 Å². The van der Waals surface area contributed by atoms with E-state index < -0.39 is 12.5 Å². The smallest absolute Gasteiger partial charge is 0.405 e. The van der Waals surface area contributed by atoms with Crippen LogP contribution in [0.4, 0.5) is 13.2 Å². The Morgan fingerprint density at radius 1 is 1.35 bits per heavy atom. The summed E-state index contributed by atoms with van der Waals surface area (Å²) >= 11 is 0. The first-order valence-corrected chi connectivity index (χ1v) is 6.60. The molecule has 0 aliphatic carbocycles. The van der Waals surface area contributed by atoms with E-state index in [0.29, 0.717) is 19.4 Å². The lowest BCUT2D eigenvalue weighted by Gasteiger charge is -2.18. The normalized spacial score (nSPS) is 20.9. The van der Waals surface area contributed by atoms with Crippen LogP contribution in [-0.4, -0.2) is 24.2 Å². The Kier molecular flexibility index (Phi) is 4.88. The summed E-state index contributed by atoms with van der Waals surface area (Å²) in [6.07, 6.45) is -2.74. The van der Waals surface area contributed by atoms with Gasteiger partial charge in [-0.15, -0.1) is 13.2 Å². The Balaban J connectivity index is 1.99. The summed E-state index contributed by atoms with van der Waals surface area (Å²) in [5, 5.41) is 10.1. The van der Waals surface area contributed by atoms with Gasteiger partial charge in [0.1, 0.15) is 5.75 Å². The third-order valence-electron chi connectivity index (χ3n) is 3.29. The molecule has 1 fully saturated rings. The standard InChI is InChI=1S/C14H17F3O3/c15-14(16,17)20-13-6-2-1-5-11(13)12(18)8-7-10-4-3-9-19-10/h1-2,5-6,10,12,18H,3-4,7-9H2. The molecule has 0 radical (unpaired) electrons. The predicted molar refractivity (Wildman–Crippen MR) is 66.3 cm³/mol. The molecule has 1 aliphatic heterocycles. The third-order valence-corrected chi connectivity index (χ3v) is 3.29. The van der Waals surface area contributed by atoms with Crippen molar-refractivity contribution in [3.05, 3.63) is 29.8 Å². The number of alkyl halides is 3. The van der Waals surface area contributed by atoms with Crippen molar-refractivity contribution in [2.24, 2.45) is 0 Å². The van der Waals surface area contributed by atoms with Gasteiger partial charge in [-0.1, -0.05) is 18.2 Å². The molecule has 0 spiro atoms. The molecule has 0 amide bonds. The van der Waals surface area contributed by atoms with E-state index in [1.807, 2.05) is 0 Å². The minimum absolute atomic E-state index is 0.0975. The molecule has 1 aromatic carbocycles. The van der Waals surface area contributed by atoms with Crippen LogP contribution in [0, 0.1) is 0 Å². The number of ether oxygens (including phenoxy) is 2. The number of halogens is 3. The molecule has 20 heavy (non-hydrogen) atoms. The van der Waals surface area contributed by atoms with E-state index in [4.69, 9.17) is 4.74 Å². The molecule has 3 nitrogen and oxygen atoms in total. The van der Waals surface area contributed by atoms with Gasteiger partial charge in [-0.05, 0) is 31.7 Å². The highest BCUT2D eigenvalue weighted by molar-refractivity contribution is 5.35. The predicted octanol–water partition coefficient (Wildman–Crippen LogP) is 3.58. The Bertz CT molecular complexity index is 428. The van der Waals surface area contributed by atoms with Gasteiger partial charge in [0.25, 0.3) is 0 Å². The summed E-state index contributed by atoms with van der Waals surface area (Å²) in [4.78, 5) is 0. The van der Waals surface area contributed by atoms with Crippen molar-refractivity contribution in [3.63, 3.8) is 0 Å². The second-order valence-electron chi connectivity index (χ2n) is 4.81. The van der Waals surface area contributed by atoms with Crippen molar-refractivity contribution in [1.29, 1.82) is 0 Å². The summed E-state index contributed by atoms with van der Waals surface area (Å²) < 4.78 is 46.2. The molecule has 0 bridgehead atoms. The zero-order valence-corrected chi connectivity index (χ0v) is 10.9. The van der Waals surface area contributed by atoms with Gasteiger partial charge in [-0.3, -0.25) is 0 Å². The summed E-state index contributed by atoms with van der Waals surface area (Å²) in [6, 6.07) is 5.67. The third kappa shape index (κ3) is 4.38. The van der Waals surface area contributed by atoms with Crippen molar-refractivity contribution < 1.29 is 27.8 Å². The monoisotopic (exact) mass is 290 g/mol.